The first-order valence-electron chi connectivity index (χ1n) is 5.35. The van der Waals surface area contributed by atoms with Gasteiger partial charge >= 0.3 is 0 Å². The summed E-state index contributed by atoms with van der Waals surface area (Å²) in [6.45, 7) is 4.27. The Bertz CT molecular complexity index is 476. The molecule has 2 heterocycles. The van der Waals surface area contributed by atoms with Gasteiger partial charge in [0.05, 0.1) is 6.04 Å². The summed E-state index contributed by atoms with van der Waals surface area (Å²) in [6, 6.07) is 4.54. The summed E-state index contributed by atoms with van der Waals surface area (Å²) >= 11 is 1.80. The van der Waals surface area contributed by atoms with Crippen LogP contribution in [0.4, 0.5) is 0 Å². The maximum atomic E-state index is 4.14. The smallest absolute Gasteiger partial charge is 0.0674 e. The molecule has 0 aliphatic heterocycles. The maximum absolute atomic E-state index is 4.14. The van der Waals surface area contributed by atoms with Crippen LogP contribution in [0, 0.1) is 13.8 Å². The molecule has 0 amide bonds. The summed E-state index contributed by atoms with van der Waals surface area (Å²) < 4.78 is 0. The predicted molar refractivity (Wildman–Crippen MR) is 68.9 cm³/mol. The molecule has 0 spiro atoms. The van der Waals surface area contributed by atoms with E-state index in [1.54, 1.807) is 11.3 Å². The lowest BCUT2D eigenvalue weighted by atomic mass is 10.0. The van der Waals surface area contributed by atoms with Crippen molar-refractivity contribution in [2.45, 2.75) is 19.9 Å². The fourth-order valence-electron chi connectivity index (χ4n) is 1.92. The third-order valence-electron chi connectivity index (χ3n) is 2.83. The van der Waals surface area contributed by atoms with Gasteiger partial charge < -0.3 is 5.32 Å². The Labute approximate surface area is 100 Å². The van der Waals surface area contributed by atoms with Crippen LogP contribution in [-0.2, 0) is 0 Å². The summed E-state index contributed by atoms with van der Waals surface area (Å²) in [4.78, 5) is 5.53. The van der Waals surface area contributed by atoms with Gasteiger partial charge in [0, 0.05) is 17.3 Å². The number of aromatic nitrogens is 1. The first-order valence-corrected chi connectivity index (χ1v) is 6.23. The number of nitrogens with zero attached hydrogens (tertiary/aromatic N) is 1. The van der Waals surface area contributed by atoms with Gasteiger partial charge in [0.15, 0.2) is 0 Å². The van der Waals surface area contributed by atoms with Gasteiger partial charge in [-0.2, -0.15) is 0 Å². The molecule has 0 saturated carbocycles. The molecule has 2 aromatic rings. The average molecular weight is 232 g/mol. The van der Waals surface area contributed by atoms with Crippen LogP contribution in [0.2, 0.25) is 0 Å². The molecule has 0 bridgehead atoms. The highest BCUT2D eigenvalue weighted by atomic mass is 32.1. The van der Waals surface area contributed by atoms with Gasteiger partial charge in [-0.25, -0.2) is 0 Å². The quantitative estimate of drug-likeness (QED) is 0.879. The largest absolute Gasteiger partial charge is 0.309 e. The normalized spacial score (nSPS) is 12.7. The molecule has 2 nitrogen and oxygen atoms in total. The number of rotatable bonds is 3. The molecule has 0 aromatic carbocycles. The Morgan fingerprint density at radius 3 is 2.62 bits per heavy atom. The minimum Gasteiger partial charge on any atom is -0.309 e. The van der Waals surface area contributed by atoms with Crippen LogP contribution in [0.15, 0.2) is 29.9 Å². The van der Waals surface area contributed by atoms with E-state index in [1.165, 1.54) is 21.6 Å². The zero-order chi connectivity index (χ0) is 11.5. The highest BCUT2D eigenvalue weighted by molar-refractivity contribution is 7.10. The number of hydrogen-bond acceptors (Lipinski definition) is 3. The lowest BCUT2D eigenvalue weighted by Gasteiger charge is -2.18. The third kappa shape index (κ3) is 2.01. The van der Waals surface area contributed by atoms with E-state index in [4.69, 9.17) is 0 Å². The molecule has 0 saturated heterocycles. The van der Waals surface area contributed by atoms with Crippen molar-refractivity contribution in [3.63, 3.8) is 0 Å². The van der Waals surface area contributed by atoms with Crippen LogP contribution in [0.3, 0.4) is 0 Å². The van der Waals surface area contributed by atoms with Crippen molar-refractivity contribution in [1.82, 2.24) is 10.3 Å². The molecule has 2 aromatic heterocycles. The molecule has 1 N–H and O–H groups in total. The molecule has 84 valence electrons. The first kappa shape index (κ1) is 11.3. The van der Waals surface area contributed by atoms with Gasteiger partial charge in [-0.15, -0.1) is 11.3 Å². The molecule has 1 unspecified atom stereocenters. The molecule has 3 heteroatoms. The highest BCUT2D eigenvalue weighted by Crippen LogP contribution is 2.30. The number of aryl methyl sites for hydroxylation is 2. The molecule has 16 heavy (non-hydrogen) atoms. The summed E-state index contributed by atoms with van der Waals surface area (Å²) in [5, 5.41) is 5.53. The van der Waals surface area contributed by atoms with Gasteiger partial charge in [0.25, 0.3) is 0 Å². The van der Waals surface area contributed by atoms with Crippen molar-refractivity contribution in [3.8, 4) is 0 Å². The third-order valence-corrected chi connectivity index (χ3v) is 3.91. The van der Waals surface area contributed by atoms with E-state index >= 15 is 0 Å². The first-order chi connectivity index (χ1) is 7.74. The van der Waals surface area contributed by atoms with Crippen LogP contribution in [0.25, 0.3) is 0 Å². The van der Waals surface area contributed by atoms with Crippen molar-refractivity contribution in [3.05, 3.63) is 51.5 Å². The summed E-state index contributed by atoms with van der Waals surface area (Å²) in [7, 11) is 2.00. The number of hydrogen-bond donors (Lipinski definition) is 1. The Hall–Kier alpha value is -1.19. The zero-order valence-corrected chi connectivity index (χ0v) is 10.6. The second-order valence-corrected chi connectivity index (χ2v) is 4.87. The van der Waals surface area contributed by atoms with Crippen molar-refractivity contribution in [2.24, 2.45) is 0 Å². The standard InChI is InChI=1S/C13H16N2S/c1-9-5-7-16-13(9)12(14-3)11-4-6-15-8-10(11)2/h4-8,12,14H,1-3H3. The van der Waals surface area contributed by atoms with Crippen LogP contribution >= 0.6 is 11.3 Å². The molecule has 0 aliphatic carbocycles. The highest BCUT2D eigenvalue weighted by Gasteiger charge is 2.16. The van der Waals surface area contributed by atoms with Crippen molar-refractivity contribution in [1.29, 1.82) is 0 Å². The Kier molecular flexibility index (Phi) is 3.36. The molecule has 0 aliphatic rings. The summed E-state index contributed by atoms with van der Waals surface area (Å²) in [5.74, 6) is 0. The number of thiophene rings is 1. The van der Waals surface area contributed by atoms with E-state index < -0.39 is 0 Å². The van der Waals surface area contributed by atoms with E-state index in [1.807, 2.05) is 19.4 Å². The van der Waals surface area contributed by atoms with Gasteiger partial charge in [-0.3, -0.25) is 4.98 Å². The predicted octanol–water partition coefficient (Wildman–Crippen LogP) is 3.07. The lowest BCUT2D eigenvalue weighted by Crippen LogP contribution is -2.18. The summed E-state index contributed by atoms with van der Waals surface area (Å²) in [6.07, 6.45) is 3.78. The van der Waals surface area contributed by atoms with Crippen LogP contribution < -0.4 is 5.32 Å². The van der Waals surface area contributed by atoms with Gasteiger partial charge in [-0.1, -0.05) is 0 Å². The molecular weight excluding hydrogens is 216 g/mol. The molecule has 1 atom stereocenters. The number of nitrogens with one attached hydrogen (secondary N) is 1. The van der Waals surface area contributed by atoms with Crippen molar-refractivity contribution in [2.75, 3.05) is 7.05 Å². The minimum absolute atomic E-state index is 0.281. The second kappa shape index (κ2) is 4.76. The van der Waals surface area contributed by atoms with E-state index in [0.717, 1.165) is 0 Å². The number of pyridine rings is 1. The zero-order valence-electron chi connectivity index (χ0n) is 9.82. The van der Waals surface area contributed by atoms with E-state index in [9.17, 15) is 0 Å². The second-order valence-electron chi connectivity index (χ2n) is 3.92. The van der Waals surface area contributed by atoms with Crippen molar-refractivity contribution < 1.29 is 0 Å². The van der Waals surface area contributed by atoms with Gasteiger partial charge in [0.2, 0.25) is 0 Å². The van der Waals surface area contributed by atoms with Gasteiger partial charge in [-0.05, 0) is 55.1 Å². The molecule has 0 fully saturated rings. The average Bonchev–Trinajstić information content (AvgIpc) is 2.69. The van der Waals surface area contributed by atoms with E-state index in [-0.39, 0.29) is 6.04 Å². The van der Waals surface area contributed by atoms with E-state index in [2.05, 4.69) is 41.7 Å². The fraction of sp³-hybridized carbons (Fsp3) is 0.308. The topological polar surface area (TPSA) is 24.9 Å². The monoisotopic (exact) mass is 232 g/mol. The molecular formula is C13H16N2S. The van der Waals surface area contributed by atoms with E-state index in [0.29, 0.717) is 0 Å². The minimum atomic E-state index is 0.281. The molecule has 2 rings (SSSR count). The lowest BCUT2D eigenvalue weighted by molar-refractivity contribution is 0.694. The van der Waals surface area contributed by atoms with Gasteiger partial charge in [0.1, 0.15) is 0 Å². The Balaban J connectivity index is 2.45. The van der Waals surface area contributed by atoms with Crippen LogP contribution in [0.1, 0.15) is 27.6 Å². The molecule has 0 radical (unpaired) electrons. The SMILES string of the molecule is CNC(c1ccncc1C)c1sccc1C. The maximum Gasteiger partial charge on any atom is 0.0674 e. The van der Waals surface area contributed by atoms with Crippen molar-refractivity contribution >= 4 is 11.3 Å². The Morgan fingerprint density at radius 2 is 2.06 bits per heavy atom. The Morgan fingerprint density at radius 1 is 1.25 bits per heavy atom. The van der Waals surface area contributed by atoms with Crippen LogP contribution in [-0.4, -0.2) is 12.0 Å². The fourth-order valence-corrected chi connectivity index (χ4v) is 2.97. The summed E-state index contributed by atoms with van der Waals surface area (Å²) in [5.41, 5.74) is 3.89. The van der Waals surface area contributed by atoms with Crippen LogP contribution in [0.5, 0.6) is 0 Å².